The van der Waals surface area contributed by atoms with Gasteiger partial charge in [0.1, 0.15) is 0 Å². The largest absolute Gasteiger partial charge is 0.350 e. The van der Waals surface area contributed by atoms with Crippen LogP contribution in [0.15, 0.2) is 30.5 Å². The third kappa shape index (κ3) is 3.97. The Morgan fingerprint density at radius 2 is 1.88 bits per heavy atom. The lowest BCUT2D eigenvalue weighted by Gasteiger charge is -2.13. The minimum absolute atomic E-state index is 0.159. The van der Waals surface area contributed by atoms with E-state index in [2.05, 4.69) is 21.0 Å². The fourth-order valence-corrected chi connectivity index (χ4v) is 4.40. The number of rotatable bonds is 6. The second-order valence-electron chi connectivity index (χ2n) is 7.75. The molecule has 0 atom stereocenters. The van der Waals surface area contributed by atoms with E-state index >= 15 is 0 Å². The van der Waals surface area contributed by atoms with Crippen molar-refractivity contribution in [3.63, 3.8) is 0 Å². The molecule has 0 bridgehead atoms. The van der Waals surface area contributed by atoms with Crippen LogP contribution >= 0.6 is 0 Å². The van der Waals surface area contributed by atoms with Crippen molar-refractivity contribution >= 4 is 5.91 Å². The van der Waals surface area contributed by atoms with Gasteiger partial charge in [-0.2, -0.15) is 5.10 Å². The Morgan fingerprint density at radius 1 is 1.12 bits per heavy atom. The van der Waals surface area contributed by atoms with Crippen LogP contribution in [0.2, 0.25) is 0 Å². The van der Waals surface area contributed by atoms with Gasteiger partial charge in [0.2, 0.25) is 5.91 Å². The topological polar surface area (TPSA) is 59.8 Å². The van der Waals surface area contributed by atoms with Crippen molar-refractivity contribution in [2.45, 2.75) is 70.4 Å². The van der Waals surface area contributed by atoms with Crippen molar-refractivity contribution in [3.8, 4) is 11.4 Å². The summed E-state index contributed by atoms with van der Waals surface area (Å²) in [6.07, 6.45) is 12.3. The molecule has 2 heterocycles. The maximum Gasteiger partial charge on any atom is 0.220 e. The summed E-state index contributed by atoms with van der Waals surface area (Å²) >= 11 is 0. The lowest BCUT2D eigenvalue weighted by Crippen LogP contribution is -2.24. The predicted molar refractivity (Wildman–Crippen MR) is 101 cm³/mol. The van der Waals surface area contributed by atoms with Crippen molar-refractivity contribution in [2.75, 3.05) is 0 Å². The summed E-state index contributed by atoms with van der Waals surface area (Å²) in [6.45, 7) is 0.505. The molecule has 2 fully saturated rings. The molecule has 2 aliphatic carbocycles. The molecule has 0 aliphatic heterocycles. The van der Waals surface area contributed by atoms with Crippen molar-refractivity contribution in [1.82, 2.24) is 20.1 Å². The minimum atomic E-state index is 0.159. The molecule has 2 aliphatic rings. The molecule has 0 spiro atoms. The second kappa shape index (κ2) is 8.02. The summed E-state index contributed by atoms with van der Waals surface area (Å²) in [5.74, 6) is 0.738. The van der Waals surface area contributed by atoms with Crippen LogP contribution in [0.3, 0.4) is 0 Å². The molecule has 138 valence electrons. The Kier molecular flexibility index (Phi) is 5.32. The maximum atomic E-state index is 12.2. The molecular formula is C21H28N4O. The summed E-state index contributed by atoms with van der Waals surface area (Å²) in [5.41, 5.74) is 2.95. The first-order chi connectivity index (χ1) is 12.8. The van der Waals surface area contributed by atoms with E-state index in [0.717, 1.165) is 17.1 Å². The highest BCUT2D eigenvalue weighted by Gasteiger charge is 2.23. The molecule has 2 saturated carbocycles. The first kappa shape index (κ1) is 17.3. The molecule has 1 N–H and O–H groups in total. The van der Waals surface area contributed by atoms with Gasteiger partial charge in [-0.1, -0.05) is 31.7 Å². The van der Waals surface area contributed by atoms with Gasteiger partial charge in [0.25, 0.3) is 0 Å². The predicted octanol–water partition coefficient (Wildman–Crippen LogP) is 4.26. The Bertz CT molecular complexity index is 728. The van der Waals surface area contributed by atoms with Gasteiger partial charge in [0.15, 0.2) is 0 Å². The van der Waals surface area contributed by atoms with E-state index in [1.807, 2.05) is 24.4 Å². The van der Waals surface area contributed by atoms with Gasteiger partial charge in [0.05, 0.1) is 29.7 Å². The van der Waals surface area contributed by atoms with Crippen LogP contribution in [-0.4, -0.2) is 20.7 Å². The lowest BCUT2D eigenvalue weighted by atomic mass is 10.0. The van der Waals surface area contributed by atoms with E-state index in [-0.39, 0.29) is 5.91 Å². The Morgan fingerprint density at radius 3 is 2.62 bits per heavy atom. The molecule has 4 rings (SSSR count). The Hall–Kier alpha value is -2.17. The zero-order chi connectivity index (χ0) is 17.8. The number of amides is 1. The lowest BCUT2D eigenvalue weighted by molar-refractivity contribution is -0.122. The summed E-state index contributed by atoms with van der Waals surface area (Å²) in [4.78, 5) is 16.7. The molecule has 2 aromatic rings. The van der Waals surface area contributed by atoms with E-state index < -0.39 is 0 Å². The molecule has 1 amide bonds. The van der Waals surface area contributed by atoms with Crippen LogP contribution in [0.5, 0.6) is 0 Å². The van der Waals surface area contributed by atoms with E-state index in [4.69, 9.17) is 5.10 Å². The summed E-state index contributed by atoms with van der Waals surface area (Å²) in [7, 11) is 0. The van der Waals surface area contributed by atoms with Crippen LogP contribution in [-0.2, 0) is 11.3 Å². The summed E-state index contributed by atoms with van der Waals surface area (Å²) in [6, 6.07) is 8.53. The van der Waals surface area contributed by atoms with Crippen LogP contribution in [0.4, 0.5) is 0 Å². The van der Waals surface area contributed by atoms with Crippen LogP contribution in [0, 0.1) is 5.92 Å². The van der Waals surface area contributed by atoms with Crippen molar-refractivity contribution in [3.05, 3.63) is 36.2 Å². The average Bonchev–Trinajstić information content (AvgIpc) is 3.41. The molecule has 2 aromatic heterocycles. The molecule has 26 heavy (non-hydrogen) atoms. The van der Waals surface area contributed by atoms with Gasteiger partial charge in [-0.05, 0) is 49.8 Å². The van der Waals surface area contributed by atoms with Crippen LogP contribution < -0.4 is 5.32 Å². The highest BCUT2D eigenvalue weighted by Crippen LogP contribution is 2.33. The van der Waals surface area contributed by atoms with E-state index in [1.54, 1.807) is 0 Å². The molecule has 5 nitrogen and oxygen atoms in total. The van der Waals surface area contributed by atoms with E-state index in [1.165, 1.54) is 51.4 Å². The molecule has 0 aromatic carbocycles. The molecule has 0 radical (unpaired) electrons. The molecule has 5 heteroatoms. The zero-order valence-corrected chi connectivity index (χ0v) is 15.4. The highest BCUT2D eigenvalue weighted by molar-refractivity contribution is 5.76. The summed E-state index contributed by atoms with van der Waals surface area (Å²) < 4.78 is 2.15. The van der Waals surface area contributed by atoms with E-state index in [0.29, 0.717) is 24.9 Å². The van der Waals surface area contributed by atoms with Gasteiger partial charge in [-0.15, -0.1) is 0 Å². The SMILES string of the molecule is O=C(CC1CCCC1)NCc1cc(-c2ccccn2)n(C2CCCC2)n1. The van der Waals surface area contributed by atoms with Gasteiger partial charge >= 0.3 is 0 Å². The van der Waals surface area contributed by atoms with Crippen LogP contribution in [0.25, 0.3) is 11.4 Å². The van der Waals surface area contributed by atoms with Crippen molar-refractivity contribution in [1.29, 1.82) is 0 Å². The number of pyridine rings is 1. The number of carbonyl (C=O) groups excluding carboxylic acids is 1. The number of hydrogen-bond acceptors (Lipinski definition) is 3. The van der Waals surface area contributed by atoms with Crippen LogP contribution in [0.1, 0.15) is 69.5 Å². The Balaban J connectivity index is 1.46. The van der Waals surface area contributed by atoms with Gasteiger partial charge in [-0.25, -0.2) is 0 Å². The average molecular weight is 352 g/mol. The normalized spacial score (nSPS) is 18.5. The smallest absolute Gasteiger partial charge is 0.220 e. The minimum Gasteiger partial charge on any atom is -0.350 e. The van der Waals surface area contributed by atoms with Crippen molar-refractivity contribution < 1.29 is 4.79 Å². The fourth-order valence-electron chi connectivity index (χ4n) is 4.40. The highest BCUT2D eigenvalue weighted by atomic mass is 16.1. The monoisotopic (exact) mass is 352 g/mol. The van der Waals surface area contributed by atoms with Gasteiger partial charge in [-0.3, -0.25) is 14.5 Å². The maximum absolute atomic E-state index is 12.2. The number of hydrogen-bond donors (Lipinski definition) is 1. The number of carbonyl (C=O) groups is 1. The number of aromatic nitrogens is 3. The molecule has 0 saturated heterocycles. The third-order valence-corrected chi connectivity index (χ3v) is 5.80. The number of nitrogens with zero attached hydrogens (tertiary/aromatic N) is 3. The zero-order valence-electron chi connectivity index (χ0n) is 15.4. The third-order valence-electron chi connectivity index (χ3n) is 5.80. The van der Waals surface area contributed by atoms with Gasteiger partial charge < -0.3 is 5.32 Å². The quantitative estimate of drug-likeness (QED) is 0.845. The molecule has 0 unspecified atom stereocenters. The van der Waals surface area contributed by atoms with Gasteiger partial charge in [0, 0.05) is 12.6 Å². The van der Waals surface area contributed by atoms with Crippen molar-refractivity contribution in [2.24, 2.45) is 5.92 Å². The standard InChI is InChI=1S/C21H28N4O/c26-21(13-16-7-1-2-8-16)23-15-17-14-20(19-11-5-6-12-22-19)25(24-17)18-9-3-4-10-18/h5-6,11-12,14,16,18H,1-4,7-10,13,15H2,(H,23,26). The van der Waals surface area contributed by atoms with E-state index in [9.17, 15) is 4.79 Å². The fraction of sp³-hybridized carbons (Fsp3) is 0.571. The molecular weight excluding hydrogens is 324 g/mol. The summed E-state index contributed by atoms with van der Waals surface area (Å²) in [5, 5.41) is 7.91. The Labute approximate surface area is 155 Å². The first-order valence-corrected chi connectivity index (χ1v) is 10.1. The number of nitrogens with one attached hydrogen (secondary N) is 1. The second-order valence-corrected chi connectivity index (χ2v) is 7.75. The first-order valence-electron chi connectivity index (χ1n) is 10.1.